The molecule has 1 unspecified atom stereocenters. The molecule has 0 saturated carbocycles. The van der Waals surface area contributed by atoms with E-state index >= 15 is 0 Å². The lowest BCUT2D eigenvalue weighted by Crippen LogP contribution is -2.34. The van der Waals surface area contributed by atoms with Gasteiger partial charge in [-0.15, -0.1) is 0 Å². The fourth-order valence-electron chi connectivity index (χ4n) is 5.05. The molecule has 1 N–H and O–H groups in total. The summed E-state index contributed by atoms with van der Waals surface area (Å²) in [4.78, 5) is 2.48. The van der Waals surface area contributed by atoms with E-state index < -0.39 is 0 Å². The Balaban J connectivity index is 1.64. The van der Waals surface area contributed by atoms with Gasteiger partial charge in [0.05, 0.1) is 6.10 Å². The van der Waals surface area contributed by atoms with Crippen molar-refractivity contribution in [2.24, 2.45) is 0 Å². The first-order valence-corrected chi connectivity index (χ1v) is 9.90. The van der Waals surface area contributed by atoms with Crippen LogP contribution in [-0.4, -0.2) is 29.6 Å². The standard InChI is InChI=1S/C21H31NO/c23-21(15-22-12-6-1-7-13-22)20-14-16-8-2-3-9-17(16)18-10-4-5-11-19(18)20/h14,21,23H,1-13,15H2. The lowest BCUT2D eigenvalue weighted by molar-refractivity contribution is 0.101. The topological polar surface area (TPSA) is 23.5 Å². The van der Waals surface area contributed by atoms with Crippen LogP contribution in [0.2, 0.25) is 0 Å². The van der Waals surface area contributed by atoms with Gasteiger partial charge in [-0.2, -0.15) is 0 Å². The van der Waals surface area contributed by atoms with Crippen molar-refractivity contribution < 1.29 is 5.11 Å². The van der Waals surface area contributed by atoms with Crippen LogP contribution in [0.3, 0.4) is 0 Å². The van der Waals surface area contributed by atoms with Crippen molar-refractivity contribution >= 4 is 0 Å². The lowest BCUT2D eigenvalue weighted by atomic mass is 9.77. The molecule has 0 radical (unpaired) electrons. The minimum absolute atomic E-state index is 0.285. The van der Waals surface area contributed by atoms with E-state index in [2.05, 4.69) is 11.0 Å². The van der Waals surface area contributed by atoms with Gasteiger partial charge in [-0.25, -0.2) is 0 Å². The number of fused-ring (bicyclic) bond motifs is 3. The maximum atomic E-state index is 11.0. The zero-order valence-electron chi connectivity index (χ0n) is 14.4. The average Bonchev–Trinajstić information content (AvgIpc) is 2.62. The van der Waals surface area contributed by atoms with Crippen LogP contribution in [0.25, 0.3) is 0 Å². The number of β-amino-alcohol motifs (C(OH)–C–C–N with tert-alkyl or cyclic N) is 1. The van der Waals surface area contributed by atoms with Gasteiger partial charge in [0.1, 0.15) is 0 Å². The number of hydrogen-bond donors (Lipinski definition) is 1. The van der Waals surface area contributed by atoms with Crippen LogP contribution in [0.1, 0.15) is 78.9 Å². The van der Waals surface area contributed by atoms with Gasteiger partial charge in [-0.3, -0.25) is 0 Å². The third-order valence-corrected chi connectivity index (χ3v) is 6.26. The number of hydrogen-bond acceptors (Lipinski definition) is 2. The Morgan fingerprint density at radius 2 is 1.43 bits per heavy atom. The molecule has 0 spiro atoms. The van der Waals surface area contributed by atoms with E-state index in [1.54, 1.807) is 16.7 Å². The summed E-state index contributed by atoms with van der Waals surface area (Å²) in [6.07, 6.45) is 13.9. The maximum Gasteiger partial charge on any atom is 0.0919 e. The van der Waals surface area contributed by atoms with Crippen molar-refractivity contribution in [3.8, 4) is 0 Å². The Hall–Kier alpha value is -0.860. The summed E-state index contributed by atoms with van der Waals surface area (Å²) < 4.78 is 0. The molecule has 1 fully saturated rings. The zero-order chi connectivity index (χ0) is 15.6. The first-order valence-electron chi connectivity index (χ1n) is 9.90. The van der Waals surface area contributed by atoms with Crippen molar-refractivity contribution in [2.45, 2.75) is 76.7 Å². The van der Waals surface area contributed by atoms with E-state index in [1.165, 1.54) is 94.8 Å². The van der Waals surface area contributed by atoms with Gasteiger partial charge >= 0.3 is 0 Å². The number of aryl methyl sites for hydroxylation is 1. The summed E-state index contributed by atoms with van der Waals surface area (Å²) in [5, 5.41) is 11.0. The van der Waals surface area contributed by atoms with Crippen LogP contribution in [0.5, 0.6) is 0 Å². The van der Waals surface area contributed by atoms with Gasteiger partial charge in [0.25, 0.3) is 0 Å². The van der Waals surface area contributed by atoms with E-state index in [0.29, 0.717) is 0 Å². The summed E-state index contributed by atoms with van der Waals surface area (Å²) >= 11 is 0. The predicted molar refractivity (Wildman–Crippen MR) is 95.0 cm³/mol. The van der Waals surface area contributed by atoms with Crippen LogP contribution in [0.15, 0.2) is 6.07 Å². The van der Waals surface area contributed by atoms with Gasteiger partial charge in [0.15, 0.2) is 0 Å². The largest absolute Gasteiger partial charge is 0.387 e. The average molecular weight is 313 g/mol. The SMILES string of the molecule is OC(CN1CCCCC1)c1cc2c(c3c1CCCC3)CCCC2. The molecule has 2 heteroatoms. The number of aliphatic hydroxyl groups excluding tert-OH is 1. The van der Waals surface area contributed by atoms with Gasteiger partial charge in [-0.1, -0.05) is 12.5 Å². The molecule has 1 atom stereocenters. The molecule has 1 saturated heterocycles. The highest BCUT2D eigenvalue weighted by molar-refractivity contribution is 5.49. The quantitative estimate of drug-likeness (QED) is 0.913. The highest BCUT2D eigenvalue weighted by Crippen LogP contribution is 2.36. The van der Waals surface area contributed by atoms with Crippen LogP contribution < -0.4 is 0 Å². The Bertz CT molecular complexity index is 559. The van der Waals surface area contributed by atoms with Crippen LogP contribution in [-0.2, 0) is 25.7 Å². The van der Waals surface area contributed by atoms with Gasteiger partial charge in [0, 0.05) is 6.54 Å². The Morgan fingerprint density at radius 3 is 2.22 bits per heavy atom. The van der Waals surface area contributed by atoms with Crippen molar-refractivity contribution in [3.63, 3.8) is 0 Å². The second kappa shape index (κ2) is 6.94. The lowest BCUT2D eigenvalue weighted by Gasteiger charge is -2.32. The summed E-state index contributed by atoms with van der Waals surface area (Å²) in [6.45, 7) is 3.18. The smallest absolute Gasteiger partial charge is 0.0919 e. The summed E-state index contributed by atoms with van der Waals surface area (Å²) in [5.74, 6) is 0. The number of aliphatic hydroxyl groups is 1. The number of benzene rings is 1. The van der Waals surface area contributed by atoms with Crippen molar-refractivity contribution in [1.29, 1.82) is 0 Å². The first kappa shape index (κ1) is 15.7. The Kier molecular flexibility index (Phi) is 4.73. The monoisotopic (exact) mass is 313 g/mol. The molecule has 0 aromatic heterocycles. The van der Waals surface area contributed by atoms with E-state index in [4.69, 9.17) is 0 Å². The highest BCUT2D eigenvalue weighted by Gasteiger charge is 2.26. The zero-order valence-corrected chi connectivity index (χ0v) is 14.4. The molecule has 1 aliphatic heterocycles. The number of nitrogens with zero attached hydrogens (tertiary/aromatic N) is 1. The number of likely N-dealkylation sites (tertiary alicyclic amines) is 1. The number of piperidine rings is 1. The van der Waals surface area contributed by atoms with Gasteiger partial charge in [-0.05, 0) is 105 Å². The highest BCUT2D eigenvalue weighted by atomic mass is 16.3. The molecule has 0 bridgehead atoms. The Labute approximate surface area is 140 Å². The molecular weight excluding hydrogens is 282 g/mol. The van der Waals surface area contributed by atoms with Gasteiger partial charge in [0.2, 0.25) is 0 Å². The van der Waals surface area contributed by atoms with E-state index in [1.807, 2.05) is 0 Å². The molecule has 2 aliphatic carbocycles. The fourth-order valence-corrected chi connectivity index (χ4v) is 5.05. The van der Waals surface area contributed by atoms with Crippen LogP contribution >= 0.6 is 0 Å². The summed E-state index contributed by atoms with van der Waals surface area (Å²) in [6, 6.07) is 2.40. The number of rotatable bonds is 3. The molecular formula is C21H31NO. The molecule has 126 valence electrons. The van der Waals surface area contributed by atoms with E-state index in [-0.39, 0.29) is 6.10 Å². The van der Waals surface area contributed by atoms with Crippen molar-refractivity contribution in [3.05, 3.63) is 33.9 Å². The van der Waals surface area contributed by atoms with E-state index in [9.17, 15) is 5.11 Å². The minimum Gasteiger partial charge on any atom is -0.387 e. The molecule has 1 aromatic rings. The minimum atomic E-state index is -0.285. The maximum absolute atomic E-state index is 11.0. The third kappa shape index (κ3) is 3.21. The molecule has 23 heavy (non-hydrogen) atoms. The molecule has 1 heterocycles. The van der Waals surface area contributed by atoms with E-state index in [0.717, 1.165) is 6.54 Å². The second-order valence-corrected chi connectivity index (χ2v) is 7.85. The van der Waals surface area contributed by atoms with Crippen molar-refractivity contribution in [1.82, 2.24) is 4.90 Å². The normalized spacial score (nSPS) is 23.2. The molecule has 1 aromatic carbocycles. The van der Waals surface area contributed by atoms with Crippen LogP contribution in [0, 0.1) is 0 Å². The first-order chi connectivity index (χ1) is 11.3. The van der Waals surface area contributed by atoms with Gasteiger partial charge < -0.3 is 10.0 Å². The molecule has 2 nitrogen and oxygen atoms in total. The summed E-state index contributed by atoms with van der Waals surface area (Å²) in [5.41, 5.74) is 7.68. The third-order valence-electron chi connectivity index (χ3n) is 6.26. The second-order valence-electron chi connectivity index (χ2n) is 7.85. The van der Waals surface area contributed by atoms with Crippen LogP contribution in [0.4, 0.5) is 0 Å². The molecule has 0 amide bonds. The van der Waals surface area contributed by atoms with Crippen molar-refractivity contribution in [2.75, 3.05) is 19.6 Å². The fraction of sp³-hybridized carbons (Fsp3) is 0.714. The predicted octanol–water partition coefficient (Wildman–Crippen LogP) is 3.96. The Morgan fingerprint density at radius 1 is 0.783 bits per heavy atom. The summed E-state index contributed by atoms with van der Waals surface area (Å²) in [7, 11) is 0. The molecule has 4 rings (SSSR count). The molecule has 3 aliphatic rings.